The summed E-state index contributed by atoms with van der Waals surface area (Å²) >= 11 is 6.62. The summed E-state index contributed by atoms with van der Waals surface area (Å²) in [4.78, 5) is 13.6. The third-order valence-corrected chi connectivity index (χ3v) is 4.57. The maximum Gasteiger partial charge on any atom is 0.223 e. The minimum absolute atomic E-state index is 0.0164. The lowest BCUT2D eigenvalue weighted by Crippen LogP contribution is -2.50. The Morgan fingerprint density at radius 2 is 2.05 bits per heavy atom. The maximum atomic E-state index is 11.5. The van der Waals surface area contributed by atoms with Crippen LogP contribution >= 0.6 is 24.0 Å². The molecule has 0 radical (unpaired) electrons. The molecule has 3 atom stereocenters. The van der Waals surface area contributed by atoms with E-state index in [1.165, 1.54) is 11.9 Å². The molecule has 1 rings (SSSR count). The number of rotatable bonds is 6. The fourth-order valence-electron chi connectivity index (χ4n) is 1.95. The monoisotopic (exact) mass is 331 g/mol. The van der Waals surface area contributed by atoms with Gasteiger partial charge in [-0.15, -0.1) is 0 Å². The number of hydrogen-bond acceptors (Lipinski definition) is 4. The van der Waals surface area contributed by atoms with Gasteiger partial charge in [-0.1, -0.05) is 38.6 Å². The Bertz CT molecular complexity index is 337. The van der Waals surface area contributed by atoms with Crippen molar-refractivity contribution in [2.75, 3.05) is 25.1 Å². The number of carbonyl (C=O) groups excluding carboxylic acids is 1. The highest BCUT2D eigenvalue weighted by atomic mass is 32.2. The number of primary amides is 1. The quantitative estimate of drug-likeness (QED) is 0.731. The smallest absolute Gasteiger partial charge is 0.223 e. The molecule has 1 fully saturated rings. The van der Waals surface area contributed by atoms with Crippen LogP contribution in [0.25, 0.3) is 0 Å². The normalized spacial score (nSPS) is 24.9. The zero-order valence-corrected chi connectivity index (χ0v) is 15.2. The average Bonchev–Trinajstić information content (AvgIpc) is 2.46. The molecule has 0 bridgehead atoms. The van der Waals surface area contributed by atoms with Crippen LogP contribution in [0.2, 0.25) is 0 Å². The molecule has 1 aliphatic rings. The van der Waals surface area contributed by atoms with Gasteiger partial charge in [0.05, 0.1) is 11.4 Å². The van der Waals surface area contributed by atoms with Crippen LogP contribution in [0, 0.1) is 11.8 Å². The second kappa shape index (κ2) is 11.9. The van der Waals surface area contributed by atoms with Crippen molar-refractivity contribution in [2.24, 2.45) is 17.6 Å². The van der Waals surface area contributed by atoms with E-state index < -0.39 is 0 Å². The average molecular weight is 332 g/mol. The SMILES string of the molecule is CCC.CCN(C)/C=C\C1CSCC(C(N)=O)C1NC=S. The van der Waals surface area contributed by atoms with Gasteiger partial charge in [0.2, 0.25) is 5.91 Å². The second-order valence-electron chi connectivity index (χ2n) is 5.14. The summed E-state index contributed by atoms with van der Waals surface area (Å²) < 4.78 is 0. The molecule has 21 heavy (non-hydrogen) atoms. The Morgan fingerprint density at radius 1 is 1.43 bits per heavy atom. The molecule has 0 aromatic heterocycles. The van der Waals surface area contributed by atoms with Gasteiger partial charge in [-0.2, -0.15) is 11.8 Å². The fraction of sp³-hybridized carbons (Fsp3) is 0.733. The van der Waals surface area contributed by atoms with Crippen LogP contribution in [-0.2, 0) is 4.79 Å². The Balaban J connectivity index is 0.00000122. The summed E-state index contributed by atoms with van der Waals surface area (Å²) in [5, 5.41) is 3.11. The number of nitrogens with two attached hydrogens (primary N) is 1. The summed E-state index contributed by atoms with van der Waals surface area (Å²) in [5.41, 5.74) is 6.94. The first-order chi connectivity index (χ1) is 10.0. The molecule has 1 amide bonds. The predicted molar refractivity (Wildman–Crippen MR) is 97.5 cm³/mol. The molecule has 0 spiro atoms. The highest BCUT2D eigenvalue weighted by Gasteiger charge is 2.35. The van der Waals surface area contributed by atoms with Gasteiger partial charge in [0, 0.05) is 37.1 Å². The van der Waals surface area contributed by atoms with Crippen molar-refractivity contribution in [1.82, 2.24) is 10.2 Å². The lowest BCUT2D eigenvalue weighted by atomic mass is 9.89. The summed E-state index contributed by atoms with van der Waals surface area (Å²) in [5.74, 6) is 1.61. The molecular formula is C15H29N3OS2. The number of amides is 1. The zero-order valence-electron chi connectivity index (χ0n) is 13.5. The van der Waals surface area contributed by atoms with Crippen LogP contribution in [0.5, 0.6) is 0 Å². The molecule has 1 aliphatic heterocycles. The van der Waals surface area contributed by atoms with Gasteiger partial charge in [-0.05, 0) is 13.1 Å². The highest BCUT2D eigenvalue weighted by molar-refractivity contribution is 7.99. The van der Waals surface area contributed by atoms with E-state index in [-0.39, 0.29) is 23.8 Å². The summed E-state index contributed by atoms with van der Waals surface area (Å²) in [7, 11) is 2.03. The van der Waals surface area contributed by atoms with Crippen molar-refractivity contribution in [3.05, 3.63) is 12.3 Å². The first kappa shape index (κ1) is 20.2. The van der Waals surface area contributed by atoms with E-state index in [0.29, 0.717) is 0 Å². The minimum atomic E-state index is -0.251. The number of carbonyl (C=O) groups is 1. The van der Waals surface area contributed by atoms with Crippen LogP contribution in [0.1, 0.15) is 27.2 Å². The van der Waals surface area contributed by atoms with E-state index in [0.717, 1.165) is 18.1 Å². The fourth-order valence-corrected chi connectivity index (χ4v) is 3.46. The molecule has 3 N–H and O–H groups in total. The largest absolute Gasteiger partial charge is 0.381 e. The number of nitrogens with zero attached hydrogens (tertiary/aromatic N) is 1. The van der Waals surface area contributed by atoms with Crippen molar-refractivity contribution in [3.63, 3.8) is 0 Å². The first-order valence-electron chi connectivity index (χ1n) is 7.46. The molecule has 3 unspecified atom stereocenters. The number of hydrogen-bond donors (Lipinski definition) is 2. The van der Waals surface area contributed by atoms with E-state index in [1.807, 2.05) is 7.05 Å². The minimum Gasteiger partial charge on any atom is -0.381 e. The van der Waals surface area contributed by atoms with Crippen molar-refractivity contribution in [3.8, 4) is 0 Å². The molecule has 122 valence electrons. The molecule has 0 aromatic carbocycles. The van der Waals surface area contributed by atoms with Gasteiger partial charge in [-0.3, -0.25) is 4.79 Å². The standard InChI is InChI=1S/C12H21N3OS2.C3H8/c1-3-15(2)5-4-9-6-18-7-10(12(13)16)11(9)14-8-17;1-3-2/h4-5,8-11H,3,6-7H2,1-2H3,(H2,13,16)(H,14,17);3H2,1-2H3/b5-4-;. The van der Waals surface area contributed by atoms with Gasteiger partial charge in [0.1, 0.15) is 0 Å². The third kappa shape index (κ3) is 7.71. The predicted octanol–water partition coefficient (Wildman–Crippen LogP) is 2.25. The Labute approximate surface area is 138 Å². The van der Waals surface area contributed by atoms with E-state index >= 15 is 0 Å². The molecule has 1 heterocycles. The van der Waals surface area contributed by atoms with Gasteiger partial charge < -0.3 is 16.0 Å². The van der Waals surface area contributed by atoms with Gasteiger partial charge >= 0.3 is 0 Å². The van der Waals surface area contributed by atoms with Gasteiger partial charge in [0.15, 0.2) is 0 Å². The second-order valence-corrected chi connectivity index (χ2v) is 6.45. The van der Waals surface area contributed by atoms with Crippen molar-refractivity contribution in [1.29, 1.82) is 0 Å². The number of nitrogens with one attached hydrogen (secondary N) is 1. The Kier molecular flexibility index (Phi) is 11.4. The van der Waals surface area contributed by atoms with E-state index in [1.54, 1.807) is 11.8 Å². The molecule has 0 saturated carbocycles. The first-order valence-corrected chi connectivity index (χ1v) is 9.09. The van der Waals surface area contributed by atoms with Crippen LogP contribution in [-0.4, -0.2) is 47.4 Å². The molecule has 0 aliphatic carbocycles. The molecule has 1 saturated heterocycles. The van der Waals surface area contributed by atoms with Crippen LogP contribution < -0.4 is 11.1 Å². The Morgan fingerprint density at radius 3 is 2.52 bits per heavy atom. The molecule has 0 aromatic rings. The van der Waals surface area contributed by atoms with Crippen LogP contribution in [0.3, 0.4) is 0 Å². The topological polar surface area (TPSA) is 58.4 Å². The summed E-state index contributed by atoms with van der Waals surface area (Å²) in [6, 6.07) is 0.0164. The van der Waals surface area contributed by atoms with Gasteiger partial charge in [-0.25, -0.2) is 0 Å². The van der Waals surface area contributed by atoms with E-state index in [2.05, 4.69) is 43.3 Å². The van der Waals surface area contributed by atoms with Crippen LogP contribution in [0.4, 0.5) is 0 Å². The summed E-state index contributed by atoms with van der Waals surface area (Å²) in [6.07, 6.45) is 5.45. The van der Waals surface area contributed by atoms with E-state index in [9.17, 15) is 4.79 Å². The van der Waals surface area contributed by atoms with Crippen molar-refractivity contribution in [2.45, 2.75) is 33.2 Å². The maximum absolute atomic E-state index is 11.5. The van der Waals surface area contributed by atoms with E-state index in [4.69, 9.17) is 18.0 Å². The lowest BCUT2D eigenvalue weighted by molar-refractivity contribution is -0.122. The number of thioether (sulfide) groups is 1. The zero-order chi connectivity index (χ0) is 16.3. The third-order valence-electron chi connectivity index (χ3n) is 3.21. The molecule has 4 nitrogen and oxygen atoms in total. The highest BCUT2D eigenvalue weighted by Crippen LogP contribution is 2.29. The van der Waals surface area contributed by atoms with Crippen molar-refractivity contribution >= 4 is 35.4 Å². The van der Waals surface area contributed by atoms with Gasteiger partial charge in [0.25, 0.3) is 0 Å². The lowest BCUT2D eigenvalue weighted by Gasteiger charge is -2.35. The Hall–Kier alpha value is -0.750. The summed E-state index contributed by atoms with van der Waals surface area (Å²) in [6.45, 7) is 7.31. The number of thiocarbonyl (C=S) groups is 1. The molecule has 6 heteroatoms. The van der Waals surface area contributed by atoms with Crippen molar-refractivity contribution < 1.29 is 4.79 Å². The van der Waals surface area contributed by atoms with Crippen LogP contribution in [0.15, 0.2) is 12.3 Å². The molecular weight excluding hydrogens is 302 g/mol.